The Labute approximate surface area is 110 Å². The Bertz CT molecular complexity index is 495. The highest BCUT2D eigenvalue weighted by atomic mass is 79.9. The fourth-order valence-corrected chi connectivity index (χ4v) is 1.80. The fraction of sp³-hybridized carbons (Fsp3) is 0.385. The molecule has 0 unspecified atom stereocenters. The molecule has 0 heterocycles. The van der Waals surface area contributed by atoms with Crippen molar-refractivity contribution in [3.8, 4) is 6.07 Å². The fourth-order valence-electron chi connectivity index (χ4n) is 1.29. The Morgan fingerprint density at radius 3 is 2.47 bits per heavy atom. The highest BCUT2D eigenvalue weighted by molar-refractivity contribution is 9.10. The molecule has 0 amide bonds. The van der Waals surface area contributed by atoms with E-state index in [-0.39, 0.29) is 0 Å². The average Bonchev–Trinajstić information content (AvgIpc) is 2.18. The van der Waals surface area contributed by atoms with E-state index in [1.807, 2.05) is 20.8 Å². The van der Waals surface area contributed by atoms with Gasteiger partial charge in [0.1, 0.15) is 5.60 Å². The number of hydrogen-bond acceptors (Lipinski definition) is 3. The molecule has 0 aliphatic rings. The number of halogens is 1. The van der Waals surface area contributed by atoms with Gasteiger partial charge in [-0.3, -0.25) is 0 Å². The van der Waals surface area contributed by atoms with Crippen molar-refractivity contribution in [2.75, 3.05) is 0 Å². The zero-order chi connectivity index (χ0) is 13.2. The Morgan fingerprint density at radius 2 is 2.00 bits per heavy atom. The van der Waals surface area contributed by atoms with E-state index in [0.29, 0.717) is 15.6 Å². The summed E-state index contributed by atoms with van der Waals surface area (Å²) < 4.78 is 5.86. The van der Waals surface area contributed by atoms with Gasteiger partial charge in [0, 0.05) is 4.47 Å². The molecule has 1 aromatic carbocycles. The van der Waals surface area contributed by atoms with Crippen LogP contribution in [0.5, 0.6) is 0 Å². The highest BCUT2D eigenvalue weighted by Gasteiger charge is 2.20. The third kappa shape index (κ3) is 3.57. The monoisotopic (exact) mass is 295 g/mol. The molecule has 0 aliphatic carbocycles. The molecule has 0 radical (unpaired) electrons. The SMILES string of the molecule is Cc1cc(C(=O)OC(C)(C)C)c(Br)cc1C#N. The standard InChI is InChI=1S/C13H14BrNO2/c1-8-5-10(11(14)6-9(8)7-15)12(16)17-13(2,3)4/h5-6H,1-4H3. The molecule has 0 saturated heterocycles. The van der Waals surface area contributed by atoms with Gasteiger partial charge in [0.25, 0.3) is 0 Å². The lowest BCUT2D eigenvalue weighted by molar-refractivity contribution is 0.00684. The lowest BCUT2D eigenvalue weighted by Crippen LogP contribution is -2.24. The van der Waals surface area contributed by atoms with E-state index in [0.717, 1.165) is 5.56 Å². The van der Waals surface area contributed by atoms with Crippen LogP contribution in [0.4, 0.5) is 0 Å². The minimum atomic E-state index is -0.529. The number of carbonyl (C=O) groups is 1. The van der Waals surface area contributed by atoms with Gasteiger partial charge in [0.2, 0.25) is 0 Å². The number of esters is 1. The molecule has 0 bridgehead atoms. The van der Waals surface area contributed by atoms with E-state index in [1.54, 1.807) is 19.1 Å². The van der Waals surface area contributed by atoms with Crippen molar-refractivity contribution in [3.63, 3.8) is 0 Å². The van der Waals surface area contributed by atoms with Gasteiger partial charge in [-0.2, -0.15) is 5.26 Å². The van der Waals surface area contributed by atoms with E-state index >= 15 is 0 Å². The van der Waals surface area contributed by atoms with Gasteiger partial charge < -0.3 is 4.74 Å². The van der Waals surface area contributed by atoms with Crippen molar-refractivity contribution in [1.29, 1.82) is 5.26 Å². The van der Waals surface area contributed by atoms with Crippen LogP contribution in [0.3, 0.4) is 0 Å². The number of ether oxygens (including phenoxy) is 1. The van der Waals surface area contributed by atoms with Crippen molar-refractivity contribution in [3.05, 3.63) is 33.3 Å². The number of nitriles is 1. The first-order valence-electron chi connectivity index (χ1n) is 5.18. The number of rotatable bonds is 1. The maximum Gasteiger partial charge on any atom is 0.339 e. The molecule has 0 saturated carbocycles. The molecule has 1 rings (SSSR count). The third-order valence-corrected chi connectivity index (χ3v) is 2.71. The van der Waals surface area contributed by atoms with Crippen LogP contribution in [0.25, 0.3) is 0 Å². The summed E-state index contributed by atoms with van der Waals surface area (Å²) in [5.74, 6) is -0.392. The number of carbonyl (C=O) groups excluding carboxylic acids is 1. The van der Waals surface area contributed by atoms with Crippen molar-refractivity contribution in [2.24, 2.45) is 0 Å². The van der Waals surface area contributed by atoms with Gasteiger partial charge >= 0.3 is 5.97 Å². The summed E-state index contributed by atoms with van der Waals surface area (Å²) in [5, 5.41) is 8.87. The van der Waals surface area contributed by atoms with Crippen molar-refractivity contribution < 1.29 is 9.53 Å². The van der Waals surface area contributed by atoms with Gasteiger partial charge in [0.15, 0.2) is 0 Å². The van der Waals surface area contributed by atoms with E-state index in [2.05, 4.69) is 22.0 Å². The minimum Gasteiger partial charge on any atom is -0.456 e. The second-order valence-electron chi connectivity index (χ2n) is 4.76. The predicted molar refractivity (Wildman–Crippen MR) is 68.8 cm³/mol. The first-order chi connectivity index (χ1) is 7.74. The molecular formula is C13H14BrNO2. The van der Waals surface area contributed by atoms with E-state index in [4.69, 9.17) is 10.00 Å². The van der Waals surface area contributed by atoms with Crippen molar-refractivity contribution in [1.82, 2.24) is 0 Å². The van der Waals surface area contributed by atoms with Crippen LogP contribution in [0.1, 0.15) is 42.3 Å². The van der Waals surface area contributed by atoms with Gasteiger partial charge in [-0.05, 0) is 61.3 Å². The number of nitrogens with zero attached hydrogens (tertiary/aromatic N) is 1. The number of benzene rings is 1. The van der Waals surface area contributed by atoms with Crippen molar-refractivity contribution in [2.45, 2.75) is 33.3 Å². The van der Waals surface area contributed by atoms with Crippen LogP contribution in [0, 0.1) is 18.3 Å². The molecule has 0 atom stereocenters. The molecule has 0 N–H and O–H groups in total. The summed E-state index contributed by atoms with van der Waals surface area (Å²) in [5.41, 5.74) is 1.22. The van der Waals surface area contributed by atoms with Crippen LogP contribution in [-0.4, -0.2) is 11.6 Å². The molecule has 0 aromatic heterocycles. The first kappa shape index (κ1) is 13.7. The molecule has 4 heteroatoms. The Balaban J connectivity index is 3.13. The van der Waals surface area contributed by atoms with Gasteiger partial charge in [-0.25, -0.2) is 4.79 Å². The van der Waals surface area contributed by atoms with Gasteiger partial charge in [-0.1, -0.05) is 0 Å². The van der Waals surface area contributed by atoms with Crippen LogP contribution < -0.4 is 0 Å². The summed E-state index contributed by atoms with van der Waals surface area (Å²) in [6.07, 6.45) is 0. The zero-order valence-corrected chi connectivity index (χ0v) is 11.9. The van der Waals surface area contributed by atoms with Crippen LogP contribution in [0.15, 0.2) is 16.6 Å². The molecule has 17 heavy (non-hydrogen) atoms. The van der Waals surface area contributed by atoms with Crippen LogP contribution in [-0.2, 0) is 4.74 Å². The smallest absolute Gasteiger partial charge is 0.339 e. The Kier molecular flexibility index (Phi) is 3.94. The van der Waals surface area contributed by atoms with E-state index in [1.165, 1.54) is 0 Å². The summed E-state index contributed by atoms with van der Waals surface area (Å²) in [4.78, 5) is 11.9. The molecule has 90 valence electrons. The average molecular weight is 296 g/mol. The molecular weight excluding hydrogens is 282 g/mol. The normalized spacial score (nSPS) is 10.8. The largest absolute Gasteiger partial charge is 0.456 e. The Hall–Kier alpha value is -1.34. The van der Waals surface area contributed by atoms with Crippen LogP contribution in [0.2, 0.25) is 0 Å². The topological polar surface area (TPSA) is 50.1 Å². The quantitative estimate of drug-likeness (QED) is 0.744. The summed E-state index contributed by atoms with van der Waals surface area (Å²) >= 11 is 3.28. The summed E-state index contributed by atoms with van der Waals surface area (Å²) in [6.45, 7) is 7.23. The number of hydrogen-bond donors (Lipinski definition) is 0. The highest BCUT2D eigenvalue weighted by Crippen LogP contribution is 2.24. The summed E-state index contributed by atoms with van der Waals surface area (Å²) in [7, 11) is 0. The maximum atomic E-state index is 11.9. The lowest BCUT2D eigenvalue weighted by Gasteiger charge is -2.20. The second-order valence-corrected chi connectivity index (χ2v) is 5.62. The Morgan fingerprint density at radius 1 is 1.41 bits per heavy atom. The molecule has 0 fully saturated rings. The molecule has 0 spiro atoms. The van der Waals surface area contributed by atoms with Crippen molar-refractivity contribution >= 4 is 21.9 Å². The molecule has 3 nitrogen and oxygen atoms in total. The molecule has 0 aliphatic heterocycles. The summed E-state index contributed by atoms with van der Waals surface area (Å²) in [6, 6.07) is 5.37. The second kappa shape index (κ2) is 4.89. The molecule has 1 aromatic rings. The van der Waals surface area contributed by atoms with Gasteiger partial charge in [0.05, 0.1) is 17.2 Å². The predicted octanol–water partition coefficient (Wildman–Crippen LogP) is 3.58. The van der Waals surface area contributed by atoms with Crippen LogP contribution >= 0.6 is 15.9 Å². The first-order valence-corrected chi connectivity index (χ1v) is 5.97. The van der Waals surface area contributed by atoms with Gasteiger partial charge in [-0.15, -0.1) is 0 Å². The maximum absolute atomic E-state index is 11.9. The zero-order valence-electron chi connectivity index (χ0n) is 10.3. The number of aryl methyl sites for hydroxylation is 1. The third-order valence-electron chi connectivity index (χ3n) is 2.05. The minimum absolute atomic E-state index is 0.392. The van der Waals surface area contributed by atoms with E-state index in [9.17, 15) is 4.79 Å². The lowest BCUT2D eigenvalue weighted by atomic mass is 10.1. The van der Waals surface area contributed by atoms with E-state index < -0.39 is 11.6 Å².